The number of amides is 2. The van der Waals surface area contributed by atoms with E-state index in [2.05, 4.69) is 0 Å². The number of benzene rings is 1. The van der Waals surface area contributed by atoms with Crippen molar-refractivity contribution in [3.8, 4) is 0 Å². The Balaban J connectivity index is 1.52. The van der Waals surface area contributed by atoms with Crippen LogP contribution in [-0.2, 0) is 11.2 Å². The Bertz CT molecular complexity index is 722. The van der Waals surface area contributed by atoms with Gasteiger partial charge in [0.05, 0.1) is 4.88 Å². The van der Waals surface area contributed by atoms with Gasteiger partial charge in [-0.1, -0.05) is 25.1 Å². The minimum absolute atomic E-state index is 0.0430. The van der Waals surface area contributed by atoms with E-state index in [1.807, 2.05) is 29.3 Å². The van der Waals surface area contributed by atoms with E-state index in [0.29, 0.717) is 32.6 Å². The fourth-order valence-electron chi connectivity index (χ4n) is 3.06. The first-order valence-electron chi connectivity index (χ1n) is 8.40. The lowest BCUT2D eigenvalue weighted by Crippen LogP contribution is -2.51. The number of nitrogens with zero attached hydrogens (tertiary/aromatic N) is 2. The van der Waals surface area contributed by atoms with Gasteiger partial charge in [-0.2, -0.15) is 0 Å². The first-order chi connectivity index (χ1) is 12.0. The molecule has 2 amide bonds. The van der Waals surface area contributed by atoms with Crippen molar-refractivity contribution in [3.63, 3.8) is 0 Å². The zero-order valence-corrected chi connectivity index (χ0v) is 15.0. The van der Waals surface area contributed by atoms with Gasteiger partial charge in [-0.25, -0.2) is 4.39 Å². The molecule has 1 atom stereocenters. The fourth-order valence-corrected chi connectivity index (χ4v) is 3.75. The number of piperazine rings is 1. The molecule has 1 aliphatic rings. The van der Waals surface area contributed by atoms with Crippen molar-refractivity contribution in [1.82, 2.24) is 9.80 Å². The standard InChI is InChI=1S/C19H21FN2O2S/c1-14(13-15-4-6-16(20)7-5-15)18(23)21-8-10-22(11-9-21)19(24)17-3-2-12-25-17/h2-7,12,14H,8-11,13H2,1H3. The summed E-state index contributed by atoms with van der Waals surface area (Å²) in [6, 6.07) is 9.97. The number of carbonyl (C=O) groups is 2. The predicted octanol–water partition coefficient (Wildman–Crippen LogP) is 3.05. The summed E-state index contributed by atoms with van der Waals surface area (Å²) in [4.78, 5) is 29.3. The summed E-state index contributed by atoms with van der Waals surface area (Å²) >= 11 is 1.44. The first-order valence-corrected chi connectivity index (χ1v) is 9.28. The van der Waals surface area contributed by atoms with E-state index in [9.17, 15) is 14.0 Å². The maximum Gasteiger partial charge on any atom is 0.264 e. The van der Waals surface area contributed by atoms with Crippen LogP contribution in [-0.4, -0.2) is 47.8 Å². The van der Waals surface area contributed by atoms with E-state index < -0.39 is 0 Å². The molecule has 1 fully saturated rings. The molecule has 25 heavy (non-hydrogen) atoms. The van der Waals surface area contributed by atoms with Crippen LogP contribution in [0.4, 0.5) is 4.39 Å². The van der Waals surface area contributed by atoms with Crippen LogP contribution in [0.1, 0.15) is 22.2 Å². The predicted molar refractivity (Wildman–Crippen MR) is 96.1 cm³/mol. The van der Waals surface area contributed by atoms with Crippen molar-refractivity contribution >= 4 is 23.2 Å². The summed E-state index contributed by atoms with van der Waals surface area (Å²) in [6.07, 6.45) is 0.591. The van der Waals surface area contributed by atoms with E-state index in [1.165, 1.54) is 23.5 Å². The van der Waals surface area contributed by atoms with Gasteiger partial charge in [0, 0.05) is 32.1 Å². The maximum absolute atomic E-state index is 13.0. The quantitative estimate of drug-likeness (QED) is 0.841. The molecule has 1 aromatic heterocycles. The van der Waals surface area contributed by atoms with Gasteiger partial charge in [-0.05, 0) is 35.6 Å². The maximum atomic E-state index is 13.0. The number of hydrogen-bond donors (Lipinski definition) is 0. The van der Waals surface area contributed by atoms with Crippen LogP contribution in [0.25, 0.3) is 0 Å². The third kappa shape index (κ3) is 4.25. The molecule has 4 nitrogen and oxygen atoms in total. The molecule has 1 aromatic carbocycles. The third-order valence-electron chi connectivity index (χ3n) is 4.49. The van der Waals surface area contributed by atoms with Gasteiger partial charge >= 0.3 is 0 Å². The minimum atomic E-state index is -0.269. The van der Waals surface area contributed by atoms with Crippen LogP contribution in [0.3, 0.4) is 0 Å². The largest absolute Gasteiger partial charge is 0.339 e. The average Bonchev–Trinajstić information content (AvgIpc) is 3.17. The summed E-state index contributed by atoms with van der Waals surface area (Å²) in [7, 11) is 0. The summed E-state index contributed by atoms with van der Waals surface area (Å²) in [6.45, 7) is 4.14. The number of rotatable bonds is 4. The van der Waals surface area contributed by atoms with Gasteiger partial charge in [-0.15, -0.1) is 11.3 Å². The molecule has 0 N–H and O–H groups in total. The van der Waals surface area contributed by atoms with Crippen LogP contribution in [0.2, 0.25) is 0 Å². The summed E-state index contributed by atoms with van der Waals surface area (Å²) in [5, 5.41) is 1.89. The third-order valence-corrected chi connectivity index (χ3v) is 5.35. The van der Waals surface area contributed by atoms with Crippen molar-refractivity contribution in [2.24, 2.45) is 5.92 Å². The molecule has 0 radical (unpaired) electrons. The molecule has 0 saturated carbocycles. The molecular weight excluding hydrogens is 339 g/mol. The summed E-state index contributed by atoms with van der Waals surface area (Å²) < 4.78 is 13.0. The SMILES string of the molecule is CC(Cc1ccc(F)cc1)C(=O)N1CCN(C(=O)c2cccs2)CC1. The van der Waals surface area contributed by atoms with E-state index in [-0.39, 0.29) is 23.5 Å². The number of thiophene rings is 1. The van der Waals surface area contributed by atoms with Gasteiger partial charge in [0.1, 0.15) is 5.82 Å². The molecule has 2 heterocycles. The monoisotopic (exact) mass is 360 g/mol. The molecule has 1 saturated heterocycles. The Morgan fingerprint density at radius 3 is 2.32 bits per heavy atom. The van der Waals surface area contributed by atoms with Crippen LogP contribution in [0.15, 0.2) is 41.8 Å². The van der Waals surface area contributed by atoms with Gasteiger partial charge in [0.2, 0.25) is 5.91 Å². The molecule has 132 valence electrons. The summed E-state index contributed by atoms with van der Waals surface area (Å²) in [5.74, 6) is -0.298. The highest BCUT2D eigenvalue weighted by atomic mass is 32.1. The number of hydrogen-bond acceptors (Lipinski definition) is 3. The van der Waals surface area contributed by atoms with E-state index in [1.54, 1.807) is 17.0 Å². The minimum Gasteiger partial charge on any atom is -0.339 e. The molecule has 6 heteroatoms. The lowest BCUT2D eigenvalue weighted by atomic mass is 9.99. The van der Waals surface area contributed by atoms with Crippen molar-refractivity contribution in [3.05, 3.63) is 58.0 Å². The van der Waals surface area contributed by atoms with Crippen molar-refractivity contribution < 1.29 is 14.0 Å². The second-order valence-electron chi connectivity index (χ2n) is 6.33. The molecule has 0 spiro atoms. The van der Waals surface area contributed by atoms with Gasteiger partial charge in [0.15, 0.2) is 0 Å². The average molecular weight is 360 g/mol. The lowest BCUT2D eigenvalue weighted by molar-refractivity contribution is -0.136. The van der Waals surface area contributed by atoms with Crippen molar-refractivity contribution in [2.45, 2.75) is 13.3 Å². The smallest absolute Gasteiger partial charge is 0.264 e. The van der Waals surface area contributed by atoms with Gasteiger partial charge in [0.25, 0.3) is 5.91 Å². The highest BCUT2D eigenvalue weighted by Crippen LogP contribution is 2.16. The van der Waals surface area contributed by atoms with Crippen molar-refractivity contribution in [1.29, 1.82) is 0 Å². The Kier molecular flexibility index (Phi) is 5.48. The van der Waals surface area contributed by atoms with E-state index in [0.717, 1.165) is 10.4 Å². The molecule has 2 aromatic rings. The molecule has 1 aliphatic heterocycles. The van der Waals surface area contributed by atoms with Crippen LogP contribution in [0.5, 0.6) is 0 Å². The molecule has 3 rings (SSSR count). The van der Waals surface area contributed by atoms with Gasteiger partial charge in [-0.3, -0.25) is 9.59 Å². The second-order valence-corrected chi connectivity index (χ2v) is 7.27. The number of carbonyl (C=O) groups excluding carboxylic acids is 2. The van der Waals surface area contributed by atoms with E-state index >= 15 is 0 Å². The van der Waals surface area contributed by atoms with Gasteiger partial charge < -0.3 is 9.80 Å². The zero-order valence-electron chi connectivity index (χ0n) is 14.2. The van der Waals surface area contributed by atoms with Crippen LogP contribution in [0, 0.1) is 11.7 Å². The topological polar surface area (TPSA) is 40.6 Å². The zero-order chi connectivity index (χ0) is 17.8. The van der Waals surface area contributed by atoms with Crippen LogP contribution >= 0.6 is 11.3 Å². The Morgan fingerprint density at radius 2 is 1.72 bits per heavy atom. The summed E-state index contributed by atoms with van der Waals surface area (Å²) in [5.41, 5.74) is 0.953. The molecule has 0 aliphatic carbocycles. The first kappa shape index (κ1) is 17.6. The molecule has 1 unspecified atom stereocenters. The second kappa shape index (κ2) is 7.78. The Morgan fingerprint density at radius 1 is 1.08 bits per heavy atom. The molecule has 0 bridgehead atoms. The van der Waals surface area contributed by atoms with Crippen molar-refractivity contribution in [2.75, 3.05) is 26.2 Å². The normalized spacial score (nSPS) is 15.9. The Hall–Kier alpha value is -2.21. The fraction of sp³-hybridized carbons (Fsp3) is 0.368. The lowest BCUT2D eigenvalue weighted by Gasteiger charge is -2.35. The Labute approximate surface area is 150 Å². The van der Waals surface area contributed by atoms with Crippen LogP contribution < -0.4 is 0 Å². The highest BCUT2D eigenvalue weighted by molar-refractivity contribution is 7.12. The highest BCUT2D eigenvalue weighted by Gasteiger charge is 2.27. The number of halogens is 1. The molecular formula is C19H21FN2O2S. The van der Waals surface area contributed by atoms with E-state index in [4.69, 9.17) is 0 Å².